The molecule has 3 heterocycles. The molecular formula is C27H50O12. The SMILES string of the molecule is CCCC(CC)CCC.CCOCC1COC(=O)O1.CCOCC1COC(=O)O1.CCOCC1COC(=O)O1. The van der Waals surface area contributed by atoms with E-state index in [2.05, 4.69) is 49.2 Å². The van der Waals surface area contributed by atoms with E-state index in [1.54, 1.807) is 0 Å². The van der Waals surface area contributed by atoms with Gasteiger partial charge in [0.05, 0.1) is 19.8 Å². The molecule has 3 unspecified atom stereocenters. The van der Waals surface area contributed by atoms with E-state index >= 15 is 0 Å². The third kappa shape index (κ3) is 20.3. The predicted molar refractivity (Wildman–Crippen MR) is 142 cm³/mol. The van der Waals surface area contributed by atoms with Crippen LogP contribution in [0.25, 0.3) is 0 Å². The predicted octanol–water partition coefficient (Wildman–Crippen LogP) is 5.29. The highest BCUT2D eigenvalue weighted by atomic mass is 16.8. The van der Waals surface area contributed by atoms with Crippen molar-refractivity contribution < 1.29 is 57.0 Å². The van der Waals surface area contributed by atoms with Gasteiger partial charge in [-0.05, 0) is 26.7 Å². The maximum absolute atomic E-state index is 10.3. The molecule has 0 bridgehead atoms. The van der Waals surface area contributed by atoms with Crippen LogP contribution in [-0.4, -0.2) is 96.2 Å². The van der Waals surface area contributed by atoms with Crippen LogP contribution in [0.2, 0.25) is 0 Å². The highest BCUT2D eigenvalue weighted by Gasteiger charge is 2.25. The third-order valence-corrected chi connectivity index (χ3v) is 5.44. The monoisotopic (exact) mass is 566 g/mol. The summed E-state index contributed by atoms with van der Waals surface area (Å²) in [5.74, 6) is 1.01. The van der Waals surface area contributed by atoms with E-state index in [1.807, 2.05) is 20.8 Å². The summed E-state index contributed by atoms with van der Waals surface area (Å²) in [7, 11) is 0. The van der Waals surface area contributed by atoms with Gasteiger partial charge >= 0.3 is 18.5 Å². The fraction of sp³-hybridized carbons (Fsp3) is 0.889. The number of hydrogen-bond donors (Lipinski definition) is 0. The van der Waals surface area contributed by atoms with Crippen LogP contribution in [0.3, 0.4) is 0 Å². The Morgan fingerprint density at radius 1 is 0.590 bits per heavy atom. The summed E-state index contributed by atoms with van der Waals surface area (Å²) >= 11 is 0. The molecule has 3 saturated heterocycles. The Morgan fingerprint density at radius 3 is 1.08 bits per heavy atom. The van der Waals surface area contributed by atoms with Crippen molar-refractivity contribution in [1.29, 1.82) is 0 Å². The molecule has 0 aromatic heterocycles. The molecule has 0 radical (unpaired) electrons. The first kappa shape index (κ1) is 36.7. The topological polar surface area (TPSA) is 134 Å². The summed E-state index contributed by atoms with van der Waals surface area (Å²) in [6, 6.07) is 0. The second-order valence-electron chi connectivity index (χ2n) is 8.73. The fourth-order valence-corrected chi connectivity index (χ4v) is 3.46. The number of hydrogen-bond acceptors (Lipinski definition) is 12. The van der Waals surface area contributed by atoms with Crippen molar-refractivity contribution in [2.75, 3.05) is 59.5 Å². The number of cyclic esters (lactones) is 6. The van der Waals surface area contributed by atoms with Gasteiger partial charge in [0.15, 0.2) is 18.3 Å². The zero-order valence-corrected chi connectivity index (χ0v) is 24.6. The lowest BCUT2D eigenvalue weighted by Gasteiger charge is -2.10. The van der Waals surface area contributed by atoms with Gasteiger partial charge in [-0.25, -0.2) is 14.4 Å². The molecule has 3 atom stereocenters. The fourth-order valence-electron chi connectivity index (χ4n) is 3.46. The summed E-state index contributed by atoms with van der Waals surface area (Å²) < 4.78 is 42.6. The van der Waals surface area contributed by atoms with Crippen LogP contribution in [0.15, 0.2) is 0 Å². The molecule has 3 rings (SSSR count). The Morgan fingerprint density at radius 2 is 0.897 bits per heavy atom. The molecule has 3 fully saturated rings. The second-order valence-corrected chi connectivity index (χ2v) is 8.73. The Kier molecular flexibility index (Phi) is 23.2. The Labute approximate surface area is 233 Å². The maximum Gasteiger partial charge on any atom is 0.508 e. The lowest BCUT2D eigenvalue weighted by molar-refractivity contribution is 0.0514. The van der Waals surface area contributed by atoms with Crippen LogP contribution < -0.4 is 0 Å². The van der Waals surface area contributed by atoms with E-state index in [-0.39, 0.29) is 18.3 Å². The minimum atomic E-state index is -0.593. The number of rotatable bonds is 14. The largest absolute Gasteiger partial charge is 0.508 e. The van der Waals surface area contributed by atoms with Gasteiger partial charge in [-0.1, -0.05) is 52.9 Å². The van der Waals surface area contributed by atoms with Crippen LogP contribution >= 0.6 is 0 Å². The van der Waals surface area contributed by atoms with Crippen molar-refractivity contribution >= 4 is 18.5 Å². The molecule has 0 spiro atoms. The van der Waals surface area contributed by atoms with Gasteiger partial charge in [-0.3, -0.25) is 0 Å². The first-order valence-electron chi connectivity index (χ1n) is 14.1. The van der Waals surface area contributed by atoms with Crippen LogP contribution in [0, 0.1) is 5.92 Å². The Balaban J connectivity index is 0.000000494. The van der Waals surface area contributed by atoms with E-state index in [4.69, 9.17) is 14.2 Å². The van der Waals surface area contributed by atoms with Crippen LogP contribution in [0.4, 0.5) is 14.4 Å². The minimum Gasteiger partial charge on any atom is -0.430 e. The van der Waals surface area contributed by atoms with Crippen molar-refractivity contribution in [3.05, 3.63) is 0 Å². The van der Waals surface area contributed by atoms with E-state index < -0.39 is 18.5 Å². The van der Waals surface area contributed by atoms with Gasteiger partial charge in [0.2, 0.25) is 0 Å². The first-order chi connectivity index (χ1) is 18.8. The van der Waals surface area contributed by atoms with Crippen molar-refractivity contribution in [1.82, 2.24) is 0 Å². The van der Waals surface area contributed by atoms with E-state index in [1.165, 1.54) is 32.1 Å². The first-order valence-corrected chi connectivity index (χ1v) is 14.1. The normalized spacial score (nSPS) is 21.0. The van der Waals surface area contributed by atoms with Gasteiger partial charge in [0.1, 0.15) is 19.8 Å². The van der Waals surface area contributed by atoms with Crippen molar-refractivity contribution in [2.45, 2.75) is 92.0 Å². The molecular weight excluding hydrogens is 516 g/mol. The van der Waals surface area contributed by atoms with E-state index in [0.29, 0.717) is 59.5 Å². The molecule has 230 valence electrons. The molecule has 0 saturated carbocycles. The molecule has 0 N–H and O–H groups in total. The summed E-state index contributed by atoms with van der Waals surface area (Å²) in [4.78, 5) is 30.9. The number of carbonyl (C=O) groups is 3. The average Bonchev–Trinajstić information content (AvgIpc) is 3.67. The smallest absolute Gasteiger partial charge is 0.430 e. The van der Waals surface area contributed by atoms with Crippen LogP contribution in [0.1, 0.15) is 73.6 Å². The van der Waals surface area contributed by atoms with Crippen molar-refractivity contribution in [2.24, 2.45) is 5.92 Å². The van der Waals surface area contributed by atoms with Gasteiger partial charge < -0.3 is 42.6 Å². The van der Waals surface area contributed by atoms with Gasteiger partial charge in [-0.2, -0.15) is 0 Å². The summed E-state index contributed by atoms with van der Waals surface area (Å²) in [6.07, 6.45) is 4.58. The Hall–Kier alpha value is -2.31. The molecule has 0 aliphatic carbocycles. The van der Waals surface area contributed by atoms with Gasteiger partial charge in [0.25, 0.3) is 0 Å². The zero-order chi connectivity index (χ0) is 29.3. The molecule has 12 nitrogen and oxygen atoms in total. The highest BCUT2D eigenvalue weighted by molar-refractivity contribution is 5.62. The van der Waals surface area contributed by atoms with Gasteiger partial charge in [0, 0.05) is 19.8 Å². The molecule has 39 heavy (non-hydrogen) atoms. The van der Waals surface area contributed by atoms with Crippen molar-refractivity contribution in [3.8, 4) is 0 Å². The van der Waals surface area contributed by atoms with E-state index in [0.717, 1.165) is 5.92 Å². The van der Waals surface area contributed by atoms with Crippen LogP contribution in [0.5, 0.6) is 0 Å². The molecule has 0 amide bonds. The van der Waals surface area contributed by atoms with Gasteiger partial charge in [-0.15, -0.1) is 0 Å². The summed E-state index contributed by atoms with van der Waals surface area (Å²) in [5, 5.41) is 0. The number of ether oxygens (including phenoxy) is 9. The maximum atomic E-state index is 10.3. The summed E-state index contributed by atoms with van der Waals surface area (Å²) in [5.41, 5.74) is 0. The lowest BCUT2D eigenvalue weighted by Crippen LogP contribution is -2.17. The molecule has 0 aromatic rings. The minimum absolute atomic E-state index is 0.201. The van der Waals surface area contributed by atoms with Crippen LogP contribution in [-0.2, 0) is 42.6 Å². The lowest BCUT2D eigenvalue weighted by atomic mass is 9.96. The second kappa shape index (κ2) is 24.7. The zero-order valence-electron chi connectivity index (χ0n) is 24.6. The molecule has 3 aliphatic heterocycles. The average molecular weight is 567 g/mol. The molecule has 3 aliphatic rings. The molecule has 0 aromatic carbocycles. The third-order valence-electron chi connectivity index (χ3n) is 5.44. The molecule has 12 heteroatoms. The quantitative estimate of drug-likeness (QED) is 0.200. The Bertz CT molecular complexity index is 553. The van der Waals surface area contributed by atoms with E-state index in [9.17, 15) is 14.4 Å². The number of carbonyl (C=O) groups excluding carboxylic acids is 3. The standard InChI is InChI=1S/C9H20.3C6H10O4/c1-4-7-9(6-3)8-5-2;3*1-2-8-3-5-4-9-6(7)10-5/h9H,4-8H2,1-3H3;3*5H,2-4H2,1H3. The highest BCUT2D eigenvalue weighted by Crippen LogP contribution is 2.16. The summed E-state index contributed by atoms with van der Waals surface area (Å²) in [6.45, 7) is 16.7. The van der Waals surface area contributed by atoms with Crippen molar-refractivity contribution in [3.63, 3.8) is 0 Å².